The third-order valence-corrected chi connectivity index (χ3v) is 3.39. The zero-order valence-electron chi connectivity index (χ0n) is 12.1. The minimum absolute atomic E-state index is 0.299. The van der Waals surface area contributed by atoms with Crippen LogP contribution in [0.25, 0.3) is 22.7 Å². The van der Waals surface area contributed by atoms with Gasteiger partial charge in [0.15, 0.2) is 11.5 Å². The van der Waals surface area contributed by atoms with E-state index in [1.165, 1.54) is 4.57 Å². The van der Waals surface area contributed by atoms with Crippen molar-refractivity contribution in [3.05, 3.63) is 32.6 Å². The van der Waals surface area contributed by atoms with Crippen molar-refractivity contribution >= 4 is 11.2 Å². The smallest absolute Gasteiger partial charge is 0.330 e. The van der Waals surface area contributed by atoms with Gasteiger partial charge < -0.3 is 4.98 Å². The molecule has 8 nitrogen and oxygen atoms in total. The van der Waals surface area contributed by atoms with Gasteiger partial charge >= 0.3 is 5.69 Å². The van der Waals surface area contributed by atoms with Gasteiger partial charge in [0.2, 0.25) is 0 Å². The normalized spacial score (nSPS) is 11.4. The number of aromatic nitrogens is 6. The summed E-state index contributed by atoms with van der Waals surface area (Å²) in [6.07, 6.45) is 0. The lowest BCUT2D eigenvalue weighted by molar-refractivity contribution is 0.658. The average molecular weight is 288 g/mol. The quantitative estimate of drug-likeness (QED) is 0.737. The molecule has 0 aromatic carbocycles. The first kappa shape index (κ1) is 13.3. The summed E-state index contributed by atoms with van der Waals surface area (Å²) in [6.45, 7) is 6.83. The second-order valence-corrected chi connectivity index (χ2v) is 4.77. The summed E-state index contributed by atoms with van der Waals surface area (Å²) < 4.78 is 3.23. The fraction of sp³-hybridized carbons (Fsp3) is 0.385. The summed E-state index contributed by atoms with van der Waals surface area (Å²) >= 11 is 0. The van der Waals surface area contributed by atoms with E-state index in [0.29, 0.717) is 30.1 Å². The Bertz CT molecular complexity index is 926. The van der Waals surface area contributed by atoms with Crippen LogP contribution in [0.5, 0.6) is 0 Å². The number of H-pyrrole nitrogens is 2. The SMILES string of the molecule is CCn1nc(C)cc1-c1nc2c([nH]1)c(=O)[nH]c(=O)n2CC. The predicted octanol–water partition coefficient (Wildman–Crippen LogP) is 0.625. The molecule has 0 saturated heterocycles. The van der Waals surface area contributed by atoms with Gasteiger partial charge in [-0.2, -0.15) is 5.10 Å². The summed E-state index contributed by atoms with van der Waals surface area (Å²) in [4.78, 5) is 33.4. The van der Waals surface area contributed by atoms with Crippen LogP contribution < -0.4 is 11.2 Å². The third-order valence-electron chi connectivity index (χ3n) is 3.39. The highest BCUT2D eigenvalue weighted by atomic mass is 16.2. The lowest BCUT2D eigenvalue weighted by atomic mass is 10.3. The van der Waals surface area contributed by atoms with Crippen LogP contribution in [0.4, 0.5) is 0 Å². The van der Waals surface area contributed by atoms with Crippen LogP contribution in [0, 0.1) is 6.92 Å². The average Bonchev–Trinajstić information content (AvgIpc) is 3.02. The highest BCUT2D eigenvalue weighted by Gasteiger charge is 2.16. The minimum atomic E-state index is -0.460. The lowest BCUT2D eigenvalue weighted by Gasteiger charge is -2.00. The van der Waals surface area contributed by atoms with Crippen LogP contribution in [-0.4, -0.2) is 29.3 Å². The van der Waals surface area contributed by atoms with E-state index in [4.69, 9.17) is 0 Å². The van der Waals surface area contributed by atoms with E-state index < -0.39 is 11.2 Å². The molecule has 0 spiro atoms. The Morgan fingerprint density at radius 3 is 2.62 bits per heavy atom. The number of nitrogens with zero attached hydrogens (tertiary/aromatic N) is 4. The van der Waals surface area contributed by atoms with Gasteiger partial charge in [-0.15, -0.1) is 0 Å². The van der Waals surface area contributed by atoms with Crippen molar-refractivity contribution < 1.29 is 0 Å². The Morgan fingerprint density at radius 1 is 1.19 bits per heavy atom. The summed E-state index contributed by atoms with van der Waals surface area (Å²) in [7, 11) is 0. The number of hydrogen-bond acceptors (Lipinski definition) is 4. The van der Waals surface area contributed by atoms with E-state index in [9.17, 15) is 9.59 Å². The molecule has 2 N–H and O–H groups in total. The van der Waals surface area contributed by atoms with Crippen molar-refractivity contribution in [3.8, 4) is 11.5 Å². The molecule has 110 valence electrons. The molecule has 0 fully saturated rings. The second-order valence-electron chi connectivity index (χ2n) is 4.77. The van der Waals surface area contributed by atoms with Gasteiger partial charge in [-0.3, -0.25) is 19.0 Å². The fourth-order valence-electron chi connectivity index (χ4n) is 2.43. The Balaban J connectivity index is 2.33. The standard InChI is InChI=1S/C13H16N6O2/c1-4-18-11-9(12(20)16-13(18)21)14-10(15-11)8-6-7(3)17-19(8)5-2/h6H,4-5H2,1-3H3,(H,14,15)(H,16,20,21). The molecule has 0 bridgehead atoms. The number of hydrogen-bond donors (Lipinski definition) is 2. The minimum Gasteiger partial charge on any atom is -0.331 e. The van der Waals surface area contributed by atoms with Crippen molar-refractivity contribution in [2.45, 2.75) is 33.9 Å². The summed E-state index contributed by atoms with van der Waals surface area (Å²) in [5.74, 6) is 0.533. The van der Waals surface area contributed by atoms with Gasteiger partial charge in [0.25, 0.3) is 5.56 Å². The molecule has 0 aliphatic rings. The first-order valence-electron chi connectivity index (χ1n) is 6.82. The van der Waals surface area contributed by atoms with Crippen LogP contribution in [-0.2, 0) is 13.1 Å². The van der Waals surface area contributed by atoms with Crippen molar-refractivity contribution in [1.29, 1.82) is 0 Å². The number of nitrogens with one attached hydrogen (secondary N) is 2. The first-order chi connectivity index (χ1) is 10.0. The van der Waals surface area contributed by atoms with E-state index in [1.807, 2.05) is 26.8 Å². The molecule has 3 aromatic rings. The molecule has 3 rings (SSSR count). The van der Waals surface area contributed by atoms with Crippen LogP contribution in [0.15, 0.2) is 15.7 Å². The van der Waals surface area contributed by atoms with Crippen LogP contribution in [0.3, 0.4) is 0 Å². The lowest BCUT2D eigenvalue weighted by Crippen LogP contribution is -2.29. The molecule has 0 aliphatic heterocycles. The third kappa shape index (κ3) is 1.99. The molecule has 3 heterocycles. The van der Waals surface area contributed by atoms with Gasteiger partial charge in [0.05, 0.1) is 5.69 Å². The Labute approximate surface area is 119 Å². The molecule has 8 heteroatoms. The van der Waals surface area contributed by atoms with Crippen molar-refractivity contribution in [2.24, 2.45) is 0 Å². The maximum absolute atomic E-state index is 11.9. The van der Waals surface area contributed by atoms with Gasteiger partial charge in [-0.25, -0.2) is 9.78 Å². The highest BCUT2D eigenvalue weighted by molar-refractivity contribution is 5.74. The summed E-state index contributed by atoms with van der Waals surface area (Å²) in [5.41, 5.74) is 1.41. The molecule has 21 heavy (non-hydrogen) atoms. The Hall–Kier alpha value is -2.64. The van der Waals surface area contributed by atoms with Gasteiger partial charge in [0.1, 0.15) is 11.2 Å². The molecule has 0 atom stereocenters. The molecule has 3 aromatic heterocycles. The van der Waals surface area contributed by atoms with E-state index in [-0.39, 0.29) is 0 Å². The van der Waals surface area contributed by atoms with Crippen LogP contribution >= 0.6 is 0 Å². The topological polar surface area (TPSA) is 101 Å². The molecule has 0 aliphatic carbocycles. The number of aromatic amines is 2. The van der Waals surface area contributed by atoms with Crippen molar-refractivity contribution in [1.82, 2.24) is 29.3 Å². The number of fused-ring (bicyclic) bond motifs is 1. The zero-order chi connectivity index (χ0) is 15.1. The van der Waals surface area contributed by atoms with Crippen molar-refractivity contribution in [2.75, 3.05) is 0 Å². The van der Waals surface area contributed by atoms with Crippen LogP contribution in [0.2, 0.25) is 0 Å². The number of rotatable bonds is 3. The van der Waals surface area contributed by atoms with E-state index >= 15 is 0 Å². The van der Waals surface area contributed by atoms with E-state index in [1.54, 1.807) is 4.68 Å². The molecule has 0 radical (unpaired) electrons. The fourth-order valence-corrected chi connectivity index (χ4v) is 2.43. The largest absolute Gasteiger partial charge is 0.331 e. The maximum atomic E-state index is 11.9. The van der Waals surface area contributed by atoms with Gasteiger partial charge in [-0.05, 0) is 26.8 Å². The van der Waals surface area contributed by atoms with E-state index in [0.717, 1.165) is 11.4 Å². The maximum Gasteiger partial charge on any atom is 0.330 e. The summed E-state index contributed by atoms with van der Waals surface area (Å²) in [6, 6.07) is 1.89. The molecule has 0 unspecified atom stereocenters. The second kappa shape index (κ2) is 4.72. The van der Waals surface area contributed by atoms with Crippen molar-refractivity contribution in [3.63, 3.8) is 0 Å². The molecule has 0 saturated carbocycles. The summed E-state index contributed by atoms with van der Waals surface area (Å²) in [5, 5.41) is 4.36. The molecular formula is C13H16N6O2. The van der Waals surface area contributed by atoms with Crippen LogP contribution in [0.1, 0.15) is 19.5 Å². The van der Waals surface area contributed by atoms with E-state index in [2.05, 4.69) is 20.1 Å². The Kier molecular flexibility index (Phi) is 3.00. The highest BCUT2D eigenvalue weighted by Crippen LogP contribution is 2.19. The molecule has 0 amide bonds. The van der Waals surface area contributed by atoms with Gasteiger partial charge in [0, 0.05) is 13.1 Å². The zero-order valence-corrected chi connectivity index (χ0v) is 12.1. The number of imidazole rings is 1. The predicted molar refractivity (Wildman–Crippen MR) is 78.3 cm³/mol. The Morgan fingerprint density at radius 2 is 1.95 bits per heavy atom. The van der Waals surface area contributed by atoms with Gasteiger partial charge in [-0.1, -0.05) is 0 Å². The first-order valence-corrected chi connectivity index (χ1v) is 6.82. The number of aryl methyl sites for hydroxylation is 3. The molecular weight excluding hydrogens is 272 g/mol. The monoisotopic (exact) mass is 288 g/mol.